The maximum absolute atomic E-state index is 12.6. The standard InChI is InChI=1S/C17H13F3N4/c18-17(19,20)15-10-11-21-16(24-15)23-14-8-6-13(7-9-14)22-12-4-2-1-3-5-12/h1-11,22H,(H,21,23,24). The number of hydrogen-bond acceptors (Lipinski definition) is 4. The highest BCUT2D eigenvalue weighted by Gasteiger charge is 2.32. The van der Waals surface area contributed by atoms with Crippen LogP contribution in [0.25, 0.3) is 0 Å². The molecule has 0 unspecified atom stereocenters. The summed E-state index contributed by atoms with van der Waals surface area (Å²) in [6.07, 6.45) is -3.42. The monoisotopic (exact) mass is 330 g/mol. The van der Waals surface area contributed by atoms with Crippen molar-refractivity contribution in [2.24, 2.45) is 0 Å². The molecule has 1 aromatic heterocycles. The molecule has 0 radical (unpaired) electrons. The zero-order valence-electron chi connectivity index (χ0n) is 12.4. The van der Waals surface area contributed by atoms with Gasteiger partial charge in [0.15, 0.2) is 0 Å². The predicted octanol–water partition coefficient (Wildman–Crippen LogP) is 4.98. The van der Waals surface area contributed by atoms with Gasteiger partial charge >= 0.3 is 6.18 Å². The summed E-state index contributed by atoms with van der Waals surface area (Å²) in [5.41, 5.74) is 1.41. The first-order valence-electron chi connectivity index (χ1n) is 7.10. The van der Waals surface area contributed by atoms with Crippen LogP contribution in [-0.4, -0.2) is 9.97 Å². The number of benzene rings is 2. The molecule has 4 nitrogen and oxygen atoms in total. The van der Waals surface area contributed by atoms with E-state index in [9.17, 15) is 13.2 Å². The fourth-order valence-electron chi connectivity index (χ4n) is 2.03. The molecule has 1 heterocycles. The van der Waals surface area contributed by atoms with Gasteiger partial charge in [-0.1, -0.05) is 18.2 Å². The van der Waals surface area contributed by atoms with Crippen LogP contribution in [0.1, 0.15) is 5.69 Å². The normalized spacial score (nSPS) is 11.1. The minimum Gasteiger partial charge on any atom is -0.356 e. The number of nitrogens with one attached hydrogen (secondary N) is 2. The third kappa shape index (κ3) is 4.01. The lowest BCUT2D eigenvalue weighted by molar-refractivity contribution is -0.141. The Morgan fingerprint density at radius 2 is 1.29 bits per heavy atom. The van der Waals surface area contributed by atoms with E-state index >= 15 is 0 Å². The highest BCUT2D eigenvalue weighted by Crippen LogP contribution is 2.28. The van der Waals surface area contributed by atoms with Gasteiger partial charge in [0, 0.05) is 23.3 Å². The van der Waals surface area contributed by atoms with E-state index in [1.165, 1.54) is 0 Å². The van der Waals surface area contributed by atoms with Crippen molar-refractivity contribution in [2.75, 3.05) is 10.6 Å². The first-order chi connectivity index (χ1) is 11.5. The Bertz CT molecular complexity index is 802. The van der Waals surface area contributed by atoms with E-state index in [0.717, 1.165) is 23.6 Å². The number of anilines is 4. The first kappa shape index (κ1) is 15.8. The van der Waals surface area contributed by atoms with E-state index in [2.05, 4.69) is 20.6 Å². The van der Waals surface area contributed by atoms with Crippen LogP contribution in [0.2, 0.25) is 0 Å². The average molecular weight is 330 g/mol. The van der Waals surface area contributed by atoms with Crippen LogP contribution in [-0.2, 0) is 6.18 Å². The SMILES string of the molecule is FC(F)(F)c1ccnc(Nc2ccc(Nc3ccccc3)cc2)n1. The summed E-state index contributed by atoms with van der Waals surface area (Å²) >= 11 is 0. The van der Waals surface area contributed by atoms with E-state index in [1.54, 1.807) is 12.1 Å². The molecule has 0 aliphatic heterocycles. The second-order valence-corrected chi connectivity index (χ2v) is 4.96. The molecule has 7 heteroatoms. The lowest BCUT2D eigenvalue weighted by Gasteiger charge is -2.10. The minimum absolute atomic E-state index is 0.103. The fraction of sp³-hybridized carbons (Fsp3) is 0.0588. The smallest absolute Gasteiger partial charge is 0.356 e. The van der Waals surface area contributed by atoms with Gasteiger partial charge < -0.3 is 10.6 Å². The van der Waals surface area contributed by atoms with Gasteiger partial charge in [-0.15, -0.1) is 0 Å². The number of nitrogens with zero attached hydrogens (tertiary/aromatic N) is 2. The molecule has 0 atom stereocenters. The number of halogens is 3. The third-order valence-electron chi connectivity index (χ3n) is 3.15. The number of alkyl halides is 3. The summed E-state index contributed by atoms with van der Waals surface area (Å²) in [5, 5.41) is 5.97. The summed E-state index contributed by atoms with van der Waals surface area (Å²) in [6.45, 7) is 0. The zero-order chi connectivity index (χ0) is 17.0. The van der Waals surface area contributed by atoms with Crippen LogP contribution in [0, 0.1) is 0 Å². The molecule has 0 fully saturated rings. The minimum atomic E-state index is -4.50. The summed E-state index contributed by atoms with van der Waals surface area (Å²) in [6, 6.07) is 17.5. The third-order valence-corrected chi connectivity index (χ3v) is 3.15. The Hall–Kier alpha value is -3.09. The molecule has 0 spiro atoms. The molecule has 0 aliphatic rings. The number of para-hydroxylation sites is 1. The number of aromatic nitrogens is 2. The van der Waals surface area contributed by atoms with E-state index < -0.39 is 11.9 Å². The van der Waals surface area contributed by atoms with Crippen molar-refractivity contribution in [1.82, 2.24) is 9.97 Å². The Kier molecular flexibility index (Phi) is 4.33. The number of hydrogen-bond donors (Lipinski definition) is 2. The van der Waals surface area contributed by atoms with Crippen LogP contribution >= 0.6 is 0 Å². The molecule has 0 saturated heterocycles. The summed E-state index contributed by atoms with van der Waals surface area (Å²) in [7, 11) is 0. The van der Waals surface area contributed by atoms with Gasteiger partial charge in [-0.25, -0.2) is 9.97 Å². The molecule has 3 rings (SSSR count). The highest BCUT2D eigenvalue weighted by molar-refractivity contribution is 5.64. The topological polar surface area (TPSA) is 49.8 Å². The molecule has 0 aliphatic carbocycles. The van der Waals surface area contributed by atoms with Gasteiger partial charge in [0.1, 0.15) is 5.69 Å². The van der Waals surface area contributed by atoms with Crippen molar-refractivity contribution < 1.29 is 13.2 Å². The van der Waals surface area contributed by atoms with Crippen molar-refractivity contribution in [2.45, 2.75) is 6.18 Å². The second kappa shape index (κ2) is 6.57. The van der Waals surface area contributed by atoms with E-state index in [0.29, 0.717) is 5.69 Å². The molecule has 24 heavy (non-hydrogen) atoms. The lowest BCUT2D eigenvalue weighted by Crippen LogP contribution is -2.10. The lowest BCUT2D eigenvalue weighted by atomic mass is 10.2. The molecule has 0 saturated carbocycles. The molecule has 0 bridgehead atoms. The van der Waals surface area contributed by atoms with Crippen LogP contribution in [0.5, 0.6) is 0 Å². The average Bonchev–Trinajstić information content (AvgIpc) is 2.57. The van der Waals surface area contributed by atoms with Gasteiger partial charge in [0.2, 0.25) is 5.95 Å². The van der Waals surface area contributed by atoms with E-state index in [-0.39, 0.29) is 5.95 Å². The molecule has 3 aromatic rings. The van der Waals surface area contributed by atoms with Crippen molar-refractivity contribution >= 4 is 23.0 Å². The second-order valence-electron chi connectivity index (χ2n) is 4.96. The van der Waals surface area contributed by atoms with Gasteiger partial charge in [0.25, 0.3) is 0 Å². The predicted molar refractivity (Wildman–Crippen MR) is 86.5 cm³/mol. The van der Waals surface area contributed by atoms with Crippen molar-refractivity contribution in [1.29, 1.82) is 0 Å². The van der Waals surface area contributed by atoms with Gasteiger partial charge in [-0.05, 0) is 42.5 Å². The summed E-state index contributed by atoms with van der Waals surface area (Å²) in [4.78, 5) is 7.27. The van der Waals surface area contributed by atoms with Gasteiger partial charge in [-0.3, -0.25) is 0 Å². The van der Waals surface area contributed by atoms with Crippen LogP contribution in [0.3, 0.4) is 0 Å². The highest BCUT2D eigenvalue weighted by atomic mass is 19.4. The summed E-state index contributed by atoms with van der Waals surface area (Å²) in [5.74, 6) is -0.103. The van der Waals surface area contributed by atoms with Crippen molar-refractivity contribution in [3.8, 4) is 0 Å². The number of rotatable bonds is 4. The van der Waals surface area contributed by atoms with E-state index in [1.807, 2.05) is 42.5 Å². The molecule has 122 valence electrons. The van der Waals surface area contributed by atoms with Crippen LogP contribution in [0.4, 0.5) is 36.2 Å². The Balaban J connectivity index is 1.70. The van der Waals surface area contributed by atoms with Crippen LogP contribution in [0.15, 0.2) is 66.9 Å². The van der Waals surface area contributed by atoms with E-state index in [4.69, 9.17) is 0 Å². The maximum Gasteiger partial charge on any atom is 0.433 e. The van der Waals surface area contributed by atoms with Crippen molar-refractivity contribution in [3.63, 3.8) is 0 Å². The quantitative estimate of drug-likeness (QED) is 0.708. The molecule has 0 amide bonds. The molecule has 2 aromatic carbocycles. The zero-order valence-corrected chi connectivity index (χ0v) is 12.4. The Morgan fingerprint density at radius 1 is 0.708 bits per heavy atom. The fourth-order valence-corrected chi connectivity index (χ4v) is 2.03. The Labute approximate surface area is 136 Å². The first-order valence-corrected chi connectivity index (χ1v) is 7.10. The molecular weight excluding hydrogens is 317 g/mol. The maximum atomic E-state index is 12.6. The molecule has 2 N–H and O–H groups in total. The van der Waals surface area contributed by atoms with Gasteiger partial charge in [-0.2, -0.15) is 13.2 Å². The molecular formula is C17H13F3N4. The largest absolute Gasteiger partial charge is 0.433 e. The van der Waals surface area contributed by atoms with Crippen LogP contribution < -0.4 is 10.6 Å². The van der Waals surface area contributed by atoms with Crippen molar-refractivity contribution in [3.05, 3.63) is 72.6 Å². The van der Waals surface area contributed by atoms with Gasteiger partial charge in [0.05, 0.1) is 0 Å². The Morgan fingerprint density at radius 3 is 1.92 bits per heavy atom. The summed E-state index contributed by atoms with van der Waals surface area (Å²) < 4.78 is 37.9.